The molecular weight excluding hydrogens is 242 g/mol. The van der Waals surface area contributed by atoms with Gasteiger partial charge in [-0.25, -0.2) is 9.55 Å². The van der Waals surface area contributed by atoms with Gasteiger partial charge in [-0.05, 0) is 11.8 Å². The molecule has 2 atom stereocenters. The summed E-state index contributed by atoms with van der Waals surface area (Å²) in [7, 11) is 0. The molecule has 0 aromatic carbocycles. The van der Waals surface area contributed by atoms with Gasteiger partial charge in [0.05, 0.1) is 19.3 Å². The molecule has 0 saturated heterocycles. The van der Waals surface area contributed by atoms with Gasteiger partial charge in [0, 0.05) is 6.92 Å². The van der Waals surface area contributed by atoms with Crippen LogP contribution in [0.15, 0.2) is 6.20 Å². The SMILES string of the molecule is Cc1ncc([N+](=O)[O-])n1CC(O)COC(C)CO. The lowest BCUT2D eigenvalue weighted by molar-refractivity contribution is -0.392. The molecule has 8 heteroatoms. The molecule has 0 saturated carbocycles. The fraction of sp³-hybridized carbons (Fsp3) is 0.700. The number of aliphatic hydroxyl groups is 2. The van der Waals surface area contributed by atoms with Crippen molar-refractivity contribution in [3.63, 3.8) is 0 Å². The molecule has 0 aliphatic heterocycles. The second-order valence-electron chi connectivity index (χ2n) is 4.01. The number of nitro groups is 1. The average molecular weight is 259 g/mol. The first-order valence-electron chi connectivity index (χ1n) is 5.52. The first kappa shape index (κ1) is 14.6. The Kier molecular flexibility index (Phi) is 5.20. The van der Waals surface area contributed by atoms with Crippen LogP contribution in [-0.4, -0.2) is 50.1 Å². The van der Waals surface area contributed by atoms with E-state index in [0.717, 1.165) is 6.20 Å². The van der Waals surface area contributed by atoms with Gasteiger partial charge in [-0.15, -0.1) is 0 Å². The van der Waals surface area contributed by atoms with Crippen molar-refractivity contribution in [1.29, 1.82) is 0 Å². The first-order chi connectivity index (χ1) is 8.45. The zero-order valence-electron chi connectivity index (χ0n) is 10.3. The fourth-order valence-corrected chi connectivity index (χ4v) is 1.42. The molecular formula is C10H17N3O5. The van der Waals surface area contributed by atoms with Gasteiger partial charge < -0.3 is 25.1 Å². The van der Waals surface area contributed by atoms with Crippen LogP contribution in [0.3, 0.4) is 0 Å². The van der Waals surface area contributed by atoms with Crippen LogP contribution < -0.4 is 0 Å². The lowest BCUT2D eigenvalue weighted by atomic mass is 10.3. The zero-order chi connectivity index (χ0) is 13.7. The zero-order valence-corrected chi connectivity index (χ0v) is 10.3. The Morgan fingerprint density at radius 2 is 2.33 bits per heavy atom. The number of hydrogen-bond donors (Lipinski definition) is 2. The third-order valence-corrected chi connectivity index (χ3v) is 2.44. The van der Waals surface area contributed by atoms with E-state index in [1.54, 1.807) is 13.8 Å². The summed E-state index contributed by atoms with van der Waals surface area (Å²) in [6.07, 6.45) is -0.122. The van der Waals surface area contributed by atoms with Crippen LogP contribution in [0.4, 0.5) is 5.82 Å². The van der Waals surface area contributed by atoms with Crippen molar-refractivity contribution in [1.82, 2.24) is 9.55 Å². The lowest BCUT2D eigenvalue weighted by Crippen LogP contribution is -2.26. The summed E-state index contributed by atoms with van der Waals surface area (Å²) >= 11 is 0. The standard InChI is InChI=1S/C10H17N3O5/c1-7(5-14)18-6-9(15)4-12-8(2)11-3-10(12)13(16)17/h3,7,9,14-15H,4-6H2,1-2H3. The highest BCUT2D eigenvalue weighted by molar-refractivity contribution is 5.18. The van der Waals surface area contributed by atoms with Crippen LogP contribution >= 0.6 is 0 Å². The Morgan fingerprint density at radius 3 is 2.89 bits per heavy atom. The number of hydrogen-bond acceptors (Lipinski definition) is 6. The molecule has 0 spiro atoms. The Balaban J connectivity index is 2.61. The minimum absolute atomic E-state index is 0.00347. The van der Waals surface area contributed by atoms with Crippen molar-refractivity contribution in [2.75, 3.05) is 13.2 Å². The van der Waals surface area contributed by atoms with Gasteiger partial charge >= 0.3 is 5.82 Å². The van der Waals surface area contributed by atoms with E-state index in [1.807, 2.05) is 0 Å². The van der Waals surface area contributed by atoms with Crippen molar-refractivity contribution in [2.45, 2.75) is 32.6 Å². The van der Waals surface area contributed by atoms with Gasteiger partial charge in [0.1, 0.15) is 18.8 Å². The third kappa shape index (κ3) is 3.76. The molecule has 1 aromatic rings. The summed E-state index contributed by atoms with van der Waals surface area (Å²) in [6, 6.07) is 0. The maximum absolute atomic E-state index is 10.7. The van der Waals surface area contributed by atoms with Crippen molar-refractivity contribution in [2.24, 2.45) is 0 Å². The number of rotatable bonds is 7. The summed E-state index contributed by atoms with van der Waals surface area (Å²) in [5.41, 5.74) is 0. The molecule has 0 bridgehead atoms. The Bertz CT molecular complexity index is 406. The fourth-order valence-electron chi connectivity index (χ4n) is 1.42. The Hall–Kier alpha value is -1.51. The lowest BCUT2D eigenvalue weighted by Gasteiger charge is -2.14. The van der Waals surface area contributed by atoms with Crippen LogP contribution in [-0.2, 0) is 11.3 Å². The third-order valence-electron chi connectivity index (χ3n) is 2.44. The van der Waals surface area contributed by atoms with Crippen LogP contribution in [0.5, 0.6) is 0 Å². The smallest absolute Gasteiger partial charge is 0.342 e. The molecule has 0 radical (unpaired) electrons. The predicted molar refractivity (Wildman–Crippen MR) is 62.1 cm³/mol. The Morgan fingerprint density at radius 1 is 1.67 bits per heavy atom. The molecule has 1 aromatic heterocycles. The highest BCUT2D eigenvalue weighted by Gasteiger charge is 2.20. The molecule has 1 rings (SSSR count). The minimum atomic E-state index is -0.898. The second-order valence-corrected chi connectivity index (χ2v) is 4.01. The molecule has 0 fully saturated rings. The number of nitrogens with zero attached hydrogens (tertiary/aromatic N) is 3. The van der Waals surface area contributed by atoms with Gasteiger partial charge in [-0.1, -0.05) is 0 Å². The second kappa shape index (κ2) is 6.43. The van der Waals surface area contributed by atoms with Gasteiger partial charge in [0.2, 0.25) is 0 Å². The van der Waals surface area contributed by atoms with Gasteiger partial charge in [0.25, 0.3) is 0 Å². The summed E-state index contributed by atoms with van der Waals surface area (Å²) in [5, 5.41) is 29.2. The maximum atomic E-state index is 10.7. The van der Waals surface area contributed by atoms with E-state index in [2.05, 4.69) is 4.98 Å². The van der Waals surface area contributed by atoms with Crippen molar-refractivity contribution in [3.05, 3.63) is 22.1 Å². The number of aryl methyl sites for hydroxylation is 1. The van der Waals surface area contributed by atoms with Crippen LogP contribution in [0.1, 0.15) is 12.7 Å². The monoisotopic (exact) mass is 259 g/mol. The van der Waals surface area contributed by atoms with E-state index in [9.17, 15) is 15.2 Å². The number of aliphatic hydroxyl groups excluding tert-OH is 2. The molecule has 0 aliphatic rings. The quantitative estimate of drug-likeness (QED) is 0.520. The topological polar surface area (TPSA) is 111 Å². The molecule has 102 valence electrons. The van der Waals surface area contributed by atoms with E-state index in [1.165, 1.54) is 4.57 Å². The molecule has 1 heterocycles. The highest BCUT2D eigenvalue weighted by atomic mass is 16.6. The van der Waals surface area contributed by atoms with E-state index in [-0.39, 0.29) is 31.7 Å². The summed E-state index contributed by atoms with van der Waals surface area (Å²) < 4.78 is 6.46. The summed E-state index contributed by atoms with van der Waals surface area (Å²) in [5.74, 6) is 0.290. The van der Waals surface area contributed by atoms with Crippen molar-refractivity contribution >= 4 is 5.82 Å². The number of aromatic nitrogens is 2. The predicted octanol–water partition coefficient (Wildman–Crippen LogP) is -0.142. The summed E-state index contributed by atoms with van der Waals surface area (Å²) in [4.78, 5) is 14.0. The van der Waals surface area contributed by atoms with Gasteiger partial charge in [-0.3, -0.25) is 0 Å². The molecule has 2 N–H and O–H groups in total. The van der Waals surface area contributed by atoms with Gasteiger partial charge in [-0.2, -0.15) is 0 Å². The first-order valence-corrected chi connectivity index (χ1v) is 5.52. The van der Waals surface area contributed by atoms with Crippen molar-refractivity contribution in [3.8, 4) is 0 Å². The average Bonchev–Trinajstić information content (AvgIpc) is 2.68. The molecule has 18 heavy (non-hydrogen) atoms. The normalized spacial score (nSPS) is 14.4. The number of ether oxygens (including phenoxy) is 1. The summed E-state index contributed by atoms with van der Waals surface area (Å²) in [6.45, 7) is 3.17. The van der Waals surface area contributed by atoms with Crippen molar-refractivity contribution < 1.29 is 19.9 Å². The van der Waals surface area contributed by atoms with Crippen LogP contribution in [0, 0.1) is 17.0 Å². The van der Waals surface area contributed by atoms with Crippen LogP contribution in [0.25, 0.3) is 0 Å². The molecule has 2 unspecified atom stereocenters. The van der Waals surface area contributed by atoms with Crippen LogP contribution in [0.2, 0.25) is 0 Å². The van der Waals surface area contributed by atoms with E-state index < -0.39 is 11.0 Å². The van der Waals surface area contributed by atoms with E-state index in [4.69, 9.17) is 9.84 Å². The highest BCUT2D eigenvalue weighted by Crippen LogP contribution is 2.14. The van der Waals surface area contributed by atoms with E-state index in [0.29, 0.717) is 5.82 Å². The minimum Gasteiger partial charge on any atom is -0.394 e. The molecule has 8 nitrogen and oxygen atoms in total. The molecule has 0 aliphatic carbocycles. The maximum Gasteiger partial charge on any atom is 0.342 e. The largest absolute Gasteiger partial charge is 0.394 e. The van der Waals surface area contributed by atoms with Gasteiger partial charge in [0.15, 0.2) is 5.82 Å². The number of imidazole rings is 1. The molecule has 0 amide bonds. The Labute approximate surface area is 104 Å². The van der Waals surface area contributed by atoms with E-state index >= 15 is 0 Å².